The van der Waals surface area contributed by atoms with Crippen molar-refractivity contribution in [2.24, 2.45) is 0 Å². The normalized spacial score (nSPS) is 15.4. The summed E-state index contributed by atoms with van der Waals surface area (Å²) in [6.07, 6.45) is 4.27. The van der Waals surface area contributed by atoms with Gasteiger partial charge in [0, 0.05) is 12.2 Å². The molecule has 0 radical (unpaired) electrons. The molecule has 6 nitrogen and oxygen atoms in total. The second-order valence-electron chi connectivity index (χ2n) is 7.08. The number of hydrogen-bond donors (Lipinski definition) is 2. The fourth-order valence-electron chi connectivity index (χ4n) is 3.02. The van der Waals surface area contributed by atoms with Gasteiger partial charge in [-0.15, -0.1) is 0 Å². The summed E-state index contributed by atoms with van der Waals surface area (Å²) in [5, 5.41) is 5.95. The number of carbonyl (C=O) groups excluding carboxylic acids is 1. The van der Waals surface area contributed by atoms with Crippen molar-refractivity contribution in [3.63, 3.8) is 0 Å². The molecule has 7 heteroatoms. The Morgan fingerprint density at radius 3 is 2.70 bits per heavy atom. The lowest BCUT2D eigenvalue weighted by atomic mass is 10.2. The zero-order valence-corrected chi connectivity index (χ0v) is 18.0. The minimum atomic E-state index is -0.287. The van der Waals surface area contributed by atoms with Gasteiger partial charge in [0.05, 0.1) is 18.4 Å². The van der Waals surface area contributed by atoms with Crippen LogP contribution in [0.2, 0.25) is 0 Å². The van der Waals surface area contributed by atoms with Crippen LogP contribution < -0.4 is 20.1 Å². The maximum Gasteiger partial charge on any atom is 0.257 e. The van der Waals surface area contributed by atoms with Crippen molar-refractivity contribution in [3.8, 4) is 11.5 Å². The molecule has 0 aliphatic carbocycles. The molecular weight excluding hydrogens is 400 g/mol. The van der Waals surface area contributed by atoms with Crippen molar-refractivity contribution in [3.05, 3.63) is 54.1 Å². The zero-order valence-electron chi connectivity index (χ0n) is 17.2. The Hall–Kier alpha value is -2.64. The highest BCUT2D eigenvalue weighted by Gasteiger charge is 2.17. The molecule has 2 aromatic carbocycles. The van der Waals surface area contributed by atoms with Crippen molar-refractivity contribution < 1.29 is 19.0 Å². The molecule has 1 amide bonds. The Balaban J connectivity index is 1.51. The first-order valence-corrected chi connectivity index (χ1v) is 10.7. The van der Waals surface area contributed by atoms with Crippen molar-refractivity contribution in [1.29, 1.82) is 0 Å². The summed E-state index contributed by atoms with van der Waals surface area (Å²) in [4.78, 5) is 12.5. The number of nitrogens with one attached hydrogen (secondary N) is 2. The van der Waals surface area contributed by atoms with Gasteiger partial charge < -0.3 is 19.5 Å². The third-order valence-corrected chi connectivity index (χ3v) is 4.90. The van der Waals surface area contributed by atoms with E-state index in [-0.39, 0.29) is 17.1 Å². The number of hydrogen-bond acceptors (Lipinski definition) is 5. The van der Waals surface area contributed by atoms with Crippen LogP contribution >= 0.6 is 12.2 Å². The van der Waals surface area contributed by atoms with E-state index in [1.165, 1.54) is 0 Å². The fraction of sp³-hybridized carbons (Fsp3) is 0.391. The van der Waals surface area contributed by atoms with E-state index < -0.39 is 0 Å². The number of amides is 1. The highest BCUT2D eigenvalue weighted by atomic mass is 32.1. The highest BCUT2D eigenvalue weighted by molar-refractivity contribution is 7.80. The van der Waals surface area contributed by atoms with Crippen LogP contribution in [-0.2, 0) is 4.74 Å². The third-order valence-electron chi connectivity index (χ3n) is 4.69. The minimum absolute atomic E-state index is 0.124. The number of unbranched alkanes of at least 4 members (excludes halogenated alkanes) is 1. The number of para-hydroxylation sites is 2. The van der Waals surface area contributed by atoms with Crippen LogP contribution in [-0.4, -0.2) is 36.9 Å². The lowest BCUT2D eigenvalue weighted by molar-refractivity contribution is 0.0682. The van der Waals surface area contributed by atoms with Gasteiger partial charge in [-0.3, -0.25) is 10.1 Å². The van der Waals surface area contributed by atoms with E-state index in [0.717, 1.165) is 38.0 Å². The Kier molecular flexibility index (Phi) is 8.47. The van der Waals surface area contributed by atoms with Crippen molar-refractivity contribution in [2.45, 2.75) is 38.7 Å². The van der Waals surface area contributed by atoms with Crippen molar-refractivity contribution >= 4 is 28.9 Å². The van der Waals surface area contributed by atoms with Crippen LogP contribution in [0, 0.1) is 0 Å². The number of benzene rings is 2. The lowest BCUT2D eigenvalue weighted by Gasteiger charge is -2.16. The molecule has 3 rings (SSSR count). The summed E-state index contributed by atoms with van der Waals surface area (Å²) in [6, 6.07) is 14.5. The van der Waals surface area contributed by atoms with Gasteiger partial charge in [-0.05, 0) is 67.9 Å². The molecule has 1 fully saturated rings. The van der Waals surface area contributed by atoms with E-state index in [9.17, 15) is 4.79 Å². The van der Waals surface area contributed by atoms with Crippen molar-refractivity contribution in [2.75, 3.05) is 25.1 Å². The van der Waals surface area contributed by atoms with E-state index in [1.54, 1.807) is 24.3 Å². The van der Waals surface area contributed by atoms with Crippen LogP contribution in [0.15, 0.2) is 48.5 Å². The molecule has 160 valence electrons. The van der Waals surface area contributed by atoms with Crippen LogP contribution in [0.4, 0.5) is 5.69 Å². The SMILES string of the molecule is CCCCOc1ccc(C(=O)NC(=S)Nc2ccccc2OCC2CCCO2)cc1. The molecule has 2 N–H and O–H groups in total. The molecule has 1 aliphatic heterocycles. The first kappa shape index (κ1) is 22.1. The quantitative estimate of drug-likeness (QED) is 0.451. The molecule has 1 saturated heterocycles. The van der Waals surface area contributed by atoms with Crippen LogP contribution in [0.3, 0.4) is 0 Å². The highest BCUT2D eigenvalue weighted by Crippen LogP contribution is 2.25. The Morgan fingerprint density at radius 2 is 1.97 bits per heavy atom. The Morgan fingerprint density at radius 1 is 1.17 bits per heavy atom. The van der Waals surface area contributed by atoms with Gasteiger partial charge in [0.15, 0.2) is 5.11 Å². The van der Waals surface area contributed by atoms with Crippen LogP contribution in [0.5, 0.6) is 11.5 Å². The minimum Gasteiger partial charge on any atom is -0.494 e. The molecule has 30 heavy (non-hydrogen) atoms. The molecule has 1 aliphatic rings. The number of rotatable bonds is 9. The molecule has 2 aromatic rings. The summed E-state index contributed by atoms with van der Waals surface area (Å²) in [5.41, 5.74) is 1.20. The first-order valence-electron chi connectivity index (χ1n) is 10.3. The van der Waals surface area contributed by atoms with Gasteiger partial charge in [-0.1, -0.05) is 25.5 Å². The zero-order chi connectivity index (χ0) is 21.2. The van der Waals surface area contributed by atoms with E-state index in [0.29, 0.717) is 30.2 Å². The second kappa shape index (κ2) is 11.5. The molecule has 0 spiro atoms. The number of thiocarbonyl (C=S) groups is 1. The summed E-state index contributed by atoms with van der Waals surface area (Å²) in [5.74, 6) is 1.13. The lowest BCUT2D eigenvalue weighted by Crippen LogP contribution is -2.34. The van der Waals surface area contributed by atoms with Gasteiger partial charge in [-0.2, -0.15) is 0 Å². The summed E-state index contributed by atoms with van der Waals surface area (Å²) >= 11 is 5.31. The van der Waals surface area contributed by atoms with Gasteiger partial charge in [0.1, 0.15) is 18.1 Å². The standard InChI is InChI=1S/C23H28N2O4S/c1-2-3-14-27-18-12-10-17(11-13-18)22(26)25-23(30)24-20-8-4-5-9-21(20)29-16-19-7-6-15-28-19/h4-5,8-13,19H,2-3,6-7,14-16H2,1H3,(H2,24,25,26,30). The predicted octanol–water partition coefficient (Wildman–Crippen LogP) is 4.55. The average Bonchev–Trinajstić information content (AvgIpc) is 3.27. The molecule has 1 unspecified atom stereocenters. The average molecular weight is 429 g/mol. The summed E-state index contributed by atoms with van der Waals surface area (Å²) < 4.78 is 17.1. The molecule has 0 saturated carbocycles. The van der Waals surface area contributed by atoms with E-state index in [2.05, 4.69) is 17.6 Å². The molecular formula is C23H28N2O4S. The van der Waals surface area contributed by atoms with E-state index in [1.807, 2.05) is 24.3 Å². The topological polar surface area (TPSA) is 68.8 Å². The Bertz CT molecular complexity index is 835. The smallest absolute Gasteiger partial charge is 0.257 e. The maximum absolute atomic E-state index is 12.5. The van der Waals surface area contributed by atoms with Crippen LogP contribution in [0.1, 0.15) is 43.0 Å². The Labute approximate surface area is 182 Å². The maximum atomic E-state index is 12.5. The molecule has 0 bridgehead atoms. The van der Waals surface area contributed by atoms with E-state index >= 15 is 0 Å². The first-order chi connectivity index (χ1) is 14.7. The molecule has 1 atom stereocenters. The van der Waals surface area contributed by atoms with Gasteiger partial charge in [0.25, 0.3) is 5.91 Å². The summed E-state index contributed by atoms with van der Waals surface area (Å²) in [6.45, 7) is 4.06. The van der Waals surface area contributed by atoms with Gasteiger partial charge in [0.2, 0.25) is 0 Å². The number of carbonyl (C=O) groups is 1. The van der Waals surface area contributed by atoms with Gasteiger partial charge in [-0.25, -0.2) is 0 Å². The van der Waals surface area contributed by atoms with Crippen LogP contribution in [0.25, 0.3) is 0 Å². The second-order valence-corrected chi connectivity index (χ2v) is 7.49. The number of anilines is 1. The molecule has 1 heterocycles. The largest absolute Gasteiger partial charge is 0.494 e. The third kappa shape index (κ3) is 6.71. The fourth-order valence-corrected chi connectivity index (χ4v) is 3.22. The number of ether oxygens (including phenoxy) is 3. The predicted molar refractivity (Wildman–Crippen MR) is 121 cm³/mol. The van der Waals surface area contributed by atoms with E-state index in [4.69, 9.17) is 26.4 Å². The monoisotopic (exact) mass is 428 g/mol. The van der Waals surface area contributed by atoms with Crippen molar-refractivity contribution in [1.82, 2.24) is 5.32 Å². The molecule has 0 aromatic heterocycles. The van der Waals surface area contributed by atoms with Gasteiger partial charge >= 0.3 is 0 Å². The summed E-state index contributed by atoms with van der Waals surface area (Å²) in [7, 11) is 0.